The molecule has 0 atom stereocenters. The highest BCUT2D eigenvalue weighted by atomic mass is 16.6. The van der Waals surface area contributed by atoms with Gasteiger partial charge in [0, 0.05) is 12.1 Å². The molecule has 2 aromatic rings. The van der Waals surface area contributed by atoms with Gasteiger partial charge in [-0.3, -0.25) is 14.9 Å². The van der Waals surface area contributed by atoms with Crippen molar-refractivity contribution >= 4 is 11.6 Å². The van der Waals surface area contributed by atoms with Crippen molar-refractivity contribution in [2.75, 3.05) is 0 Å². The number of carbonyl (C=O) groups is 1. The molecule has 0 bridgehead atoms. The summed E-state index contributed by atoms with van der Waals surface area (Å²) in [4.78, 5) is 22.7. The van der Waals surface area contributed by atoms with Crippen LogP contribution in [0, 0.1) is 17.0 Å². The topological polar surface area (TPSA) is 94.6 Å². The van der Waals surface area contributed by atoms with Crippen LogP contribution in [-0.4, -0.2) is 16.9 Å². The number of rotatable bonds is 6. The minimum atomic E-state index is -0.481. The molecular formula is C18H20N2O5. The Balaban J connectivity index is 1.62. The van der Waals surface area contributed by atoms with E-state index < -0.39 is 4.92 Å². The van der Waals surface area contributed by atoms with E-state index in [0.29, 0.717) is 5.76 Å². The molecule has 1 aromatic carbocycles. The molecule has 1 aliphatic carbocycles. The molecule has 25 heavy (non-hydrogen) atoms. The Labute approximate surface area is 145 Å². The summed E-state index contributed by atoms with van der Waals surface area (Å²) in [6.07, 6.45) is 4.27. The third-order valence-corrected chi connectivity index (χ3v) is 4.26. The molecule has 132 valence electrons. The van der Waals surface area contributed by atoms with Crippen molar-refractivity contribution in [2.24, 2.45) is 0 Å². The first-order valence-electron chi connectivity index (χ1n) is 8.30. The summed E-state index contributed by atoms with van der Waals surface area (Å²) in [7, 11) is 0. The summed E-state index contributed by atoms with van der Waals surface area (Å²) < 4.78 is 11.0. The highest BCUT2D eigenvalue weighted by Crippen LogP contribution is 2.28. The Kier molecular flexibility index (Phi) is 5.02. The molecule has 0 aliphatic heterocycles. The SMILES string of the molecule is Cc1ccc(OCc2ccc(C(=O)NC3CCCC3)o2)c([N+](=O)[O-])c1. The second kappa shape index (κ2) is 7.38. The van der Waals surface area contributed by atoms with Gasteiger partial charge >= 0.3 is 5.69 Å². The van der Waals surface area contributed by atoms with Crippen molar-refractivity contribution in [1.29, 1.82) is 0 Å². The number of nitro benzene ring substituents is 1. The third kappa shape index (κ3) is 4.17. The predicted octanol–water partition coefficient (Wildman–Crippen LogP) is 3.75. The van der Waals surface area contributed by atoms with E-state index in [-0.39, 0.29) is 35.8 Å². The van der Waals surface area contributed by atoms with Crippen molar-refractivity contribution in [2.45, 2.75) is 45.3 Å². The first kappa shape index (κ1) is 17.0. The minimum absolute atomic E-state index is 0.0145. The van der Waals surface area contributed by atoms with E-state index in [4.69, 9.17) is 9.15 Å². The van der Waals surface area contributed by atoms with Gasteiger partial charge in [0.2, 0.25) is 0 Å². The van der Waals surface area contributed by atoms with Crippen molar-refractivity contribution in [3.05, 3.63) is 57.5 Å². The Bertz CT molecular complexity index is 778. The van der Waals surface area contributed by atoms with Gasteiger partial charge in [-0.25, -0.2) is 0 Å². The number of benzene rings is 1. The summed E-state index contributed by atoms with van der Waals surface area (Å²) in [6, 6.07) is 8.20. The van der Waals surface area contributed by atoms with Crippen LogP contribution < -0.4 is 10.1 Å². The molecule has 1 N–H and O–H groups in total. The fourth-order valence-corrected chi connectivity index (χ4v) is 2.95. The summed E-state index contributed by atoms with van der Waals surface area (Å²) in [5.74, 6) is 0.596. The maximum absolute atomic E-state index is 12.1. The first-order chi connectivity index (χ1) is 12.0. The van der Waals surface area contributed by atoms with Crippen LogP contribution in [0.1, 0.15) is 47.6 Å². The van der Waals surface area contributed by atoms with Crippen molar-refractivity contribution in [1.82, 2.24) is 5.32 Å². The fraction of sp³-hybridized carbons (Fsp3) is 0.389. The van der Waals surface area contributed by atoms with Gasteiger partial charge in [0.1, 0.15) is 12.4 Å². The van der Waals surface area contributed by atoms with Gasteiger partial charge < -0.3 is 14.5 Å². The molecule has 7 nitrogen and oxygen atoms in total. The number of hydrogen-bond donors (Lipinski definition) is 1. The molecule has 3 rings (SSSR count). The Morgan fingerprint density at radius 1 is 1.32 bits per heavy atom. The number of nitro groups is 1. The standard InChI is InChI=1S/C18H20N2O5/c1-12-6-8-16(15(10-12)20(22)23)24-11-14-7-9-17(25-14)18(21)19-13-4-2-3-5-13/h6-10,13H,2-5,11H2,1H3,(H,19,21). The van der Waals surface area contributed by atoms with Gasteiger partial charge in [0.05, 0.1) is 4.92 Å². The number of nitrogens with zero attached hydrogens (tertiary/aromatic N) is 1. The van der Waals surface area contributed by atoms with E-state index >= 15 is 0 Å². The zero-order valence-corrected chi connectivity index (χ0v) is 14.0. The van der Waals surface area contributed by atoms with Gasteiger partial charge in [-0.2, -0.15) is 0 Å². The van der Waals surface area contributed by atoms with Crippen molar-refractivity contribution in [3.8, 4) is 5.75 Å². The zero-order chi connectivity index (χ0) is 17.8. The van der Waals surface area contributed by atoms with Crippen LogP contribution in [0.2, 0.25) is 0 Å². The van der Waals surface area contributed by atoms with E-state index in [0.717, 1.165) is 31.2 Å². The van der Waals surface area contributed by atoms with Gasteiger partial charge in [-0.1, -0.05) is 18.9 Å². The molecule has 0 unspecified atom stereocenters. The van der Waals surface area contributed by atoms with E-state index in [2.05, 4.69) is 5.32 Å². The van der Waals surface area contributed by atoms with E-state index in [1.165, 1.54) is 6.07 Å². The van der Waals surface area contributed by atoms with Crippen molar-refractivity contribution < 1.29 is 18.9 Å². The Morgan fingerprint density at radius 2 is 2.08 bits per heavy atom. The lowest BCUT2D eigenvalue weighted by molar-refractivity contribution is -0.386. The predicted molar refractivity (Wildman–Crippen MR) is 90.6 cm³/mol. The highest BCUT2D eigenvalue weighted by Gasteiger charge is 2.20. The van der Waals surface area contributed by atoms with Crippen LogP contribution in [-0.2, 0) is 6.61 Å². The van der Waals surface area contributed by atoms with Crippen LogP contribution in [0.5, 0.6) is 5.75 Å². The molecule has 0 saturated heterocycles. The zero-order valence-electron chi connectivity index (χ0n) is 14.0. The average molecular weight is 344 g/mol. The molecule has 1 aromatic heterocycles. The maximum atomic E-state index is 12.1. The number of aryl methyl sites for hydroxylation is 1. The quantitative estimate of drug-likeness (QED) is 0.636. The van der Waals surface area contributed by atoms with Crippen molar-refractivity contribution in [3.63, 3.8) is 0 Å². The summed E-state index contributed by atoms with van der Waals surface area (Å²) in [5, 5.41) is 14.0. The molecule has 1 aliphatic rings. The Hall–Kier alpha value is -2.83. The van der Waals surface area contributed by atoms with E-state index in [1.807, 2.05) is 0 Å². The van der Waals surface area contributed by atoms with Gasteiger partial charge in [-0.05, 0) is 43.5 Å². The smallest absolute Gasteiger partial charge is 0.311 e. The number of furan rings is 1. The number of hydrogen-bond acceptors (Lipinski definition) is 5. The molecule has 1 heterocycles. The second-order valence-electron chi connectivity index (χ2n) is 6.24. The maximum Gasteiger partial charge on any atom is 0.311 e. The third-order valence-electron chi connectivity index (χ3n) is 4.26. The lowest BCUT2D eigenvalue weighted by atomic mass is 10.2. The molecule has 0 radical (unpaired) electrons. The molecule has 1 saturated carbocycles. The molecule has 1 fully saturated rings. The molecular weight excluding hydrogens is 324 g/mol. The number of carbonyl (C=O) groups excluding carboxylic acids is 1. The molecule has 1 amide bonds. The average Bonchev–Trinajstić information content (AvgIpc) is 3.25. The number of amides is 1. The number of nitrogens with one attached hydrogen (secondary N) is 1. The summed E-state index contributed by atoms with van der Waals surface area (Å²) in [5.41, 5.74) is 0.689. The minimum Gasteiger partial charge on any atom is -0.479 e. The van der Waals surface area contributed by atoms with Crippen LogP contribution in [0.3, 0.4) is 0 Å². The summed E-state index contributed by atoms with van der Waals surface area (Å²) >= 11 is 0. The molecule has 7 heteroatoms. The lowest BCUT2D eigenvalue weighted by Gasteiger charge is -2.10. The van der Waals surface area contributed by atoms with Crippen LogP contribution in [0.15, 0.2) is 34.7 Å². The largest absolute Gasteiger partial charge is 0.479 e. The van der Waals surface area contributed by atoms with Crippen LogP contribution in [0.25, 0.3) is 0 Å². The van der Waals surface area contributed by atoms with Gasteiger partial charge in [0.25, 0.3) is 5.91 Å². The first-order valence-corrected chi connectivity index (χ1v) is 8.30. The number of ether oxygens (including phenoxy) is 1. The fourth-order valence-electron chi connectivity index (χ4n) is 2.95. The van der Waals surface area contributed by atoms with Gasteiger partial charge in [0.15, 0.2) is 11.5 Å². The Morgan fingerprint density at radius 3 is 2.80 bits per heavy atom. The van der Waals surface area contributed by atoms with E-state index in [1.54, 1.807) is 31.2 Å². The second-order valence-corrected chi connectivity index (χ2v) is 6.24. The van der Waals surface area contributed by atoms with Crippen LogP contribution in [0.4, 0.5) is 5.69 Å². The lowest BCUT2D eigenvalue weighted by Crippen LogP contribution is -2.32. The monoisotopic (exact) mass is 344 g/mol. The van der Waals surface area contributed by atoms with Crippen LogP contribution >= 0.6 is 0 Å². The summed E-state index contributed by atoms with van der Waals surface area (Å²) in [6.45, 7) is 1.79. The van der Waals surface area contributed by atoms with Gasteiger partial charge in [-0.15, -0.1) is 0 Å². The van der Waals surface area contributed by atoms with E-state index in [9.17, 15) is 14.9 Å². The molecule has 0 spiro atoms. The normalized spacial score (nSPS) is 14.4. The highest BCUT2D eigenvalue weighted by molar-refractivity contribution is 5.91.